The van der Waals surface area contributed by atoms with Crippen LogP contribution in [0.2, 0.25) is 0 Å². The van der Waals surface area contributed by atoms with E-state index in [1.165, 1.54) is 0 Å². The minimum absolute atomic E-state index is 1.08. The van der Waals surface area contributed by atoms with Gasteiger partial charge in [0.2, 0.25) is 5.92 Å². The van der Waals surface area contributed by atoms with Gasteiger partial charge in [0.05, 0.1) is 0 Å². The van der Waals surface area contributed by atoms with E-state index in [9.17, 15) is 35.1 Å². The first-order valence-electron chi connectivity index (χ1n) is 4.55. The Kier molecular flexibility index (Phi) is 3.14. The second-order valence-corrected chi connectivity index (χ2v) is 4.29. The summed E-state index contributed by atoms with van der Waals surface area (Å²) in [7, 11) is 0. The first-order valence-corrected chi connectivity index (χ1v) is 4.55. The van der Waals surface area contributed by atoms with Crippen LogP contribution >= 0.6 is 0 Å². The quantitative estimate of drug-likeness (QED) is 0.767. The highest BCUT2D eigenvalue weighted by molar-refractivity contribution is 5.07. The van der Waals surface area contributed by atoms with E-state index in [4.69, 9.17) is 5.73 Å². The van der Waals surface area contributed by atoms with E-state index >= 15 is 0 Å². The fourth-order valence-electron chi connectivity index (χ4n) is 2.32. The van der Waals surface area contributed by atoms with E-state index in [0.717, 1.165) is 0 Å². The van der Waals surface area contributed by atoms with E-state index < -0.39 is 49.0 Å². The maximum absolute atomic E-state index is 12.6. The Morgan fingerprint density at radius 3 is 1.47 bits per heavy atom. The average Bonchev–Trinajstić information content (AvgIpc) is 1.93. The van der Waals surface area contributed by atoms with Gasteiger partial charge in [0.1, 0.15) is 0 Å². The van der Waals surface area contributed by atoms with Crippen LogP contribution < -0.4 is 5.73 Å². The summed E-state index contributed by atoms with van der Waals surface area (Å²) in [6.45, 7) is -1.08. The SMILES string of the molecule is NCC1(C(C(F)(F)F)C(F)(F)F)CC(F)(F)C1. The van der Waals surface area contributed by atoms with Crippen LogP contribution in [0.15, 0.2) is 0 Å². The molecule has 0 spiro atoms. The van der Waals surface area contributed by atoms with Crippen molar-refractivity contribution in [3.05, 3.63) is 0 Å². The molecule has 2 N–H and O–H groups in total. The van der Waals surface area contributed by atoms with Crippen LogP contribution in [0, 0.1) is 11.3 Å². The van der Waals surface area contributed by atoms with E-state index in [1.54, 1.807) is 0 Å². The molecule has 0 unspecified atom stereocenters. The van der Waals surface area contributed by atoms with Gasteiger partial charge < -0.3 is 5.73 Å². The molecule has 0 saturated heterocycles. The number of hydrogen-bond acceptors (Lipinski definition) is 1. The van der Waals surface area contributed by atoms with Gasteiger partial charge >= 0.3 is 12.4 Å². The summed E-state index contributed by atoms with van der Waals surface area (Å²) in [6.07, 6.45) is -14.2. The zero-order valence-electron chi connectivity index (χ0n) is 8.30. The summed E-state index contributed by atoms with van der Waals surface area (Å²) in [5.41, 5.74) is 2.21. The molecular formula is C8H9F8N. The maximum Gasteiger partial charge on any atom is 0.401 e. The molecule has 0 aromatic heterocycles. The number of hydrogen-bond donors (Lipinski definition) is 1. The lowest BCUT2D eigenvalue weighted by atomic mass is 9.58. The zero-order chi connectivity index (χ0) is 13.7. The Hall–Kier alpha value is -0.600. The molecule has 1 aliphatic rings. The van der Waals surface area contributed by atoms with Crippen LogP contribution in [0.5, 0.6) is 0 Å². The minimum atomic E-state index is -5.63. The lowest BCUT2D eigenvalue weighted by Crippen LogP contribution is -2.62. The topological polar surface area (TPSA) is 26.0 Å². The lowest BCUT2D eigenvalue weighted by Gasteiger charge is -2.51. The van der Waals surface area contributed by atoms with Gasteiger partial charge in [-0.15, -0.1) is 0 Å². The zero-order valence-corrected chi connectivity index (χ0v) is 8.30. The van der Waals surface area contributed by atoms with E-state index in [-0.39, 0.29) is 0 Å². The van der Waals surface area contributed by atoms with Crippen molar-refractivity contribution in [1.82, 2.24) is 0 Å². The van der Waals surface area contributed by atoms with Crippen molar-refractivity contribution < 1.29 is 35.1 Å². The van der Waals surface area contributed by atoms with Gasteiger partial charge in [-0.2, -0.15) is 26.3 Å². The molecule has 1 nitrogen and oxygen atoms in total. The Morgan fingerprint density at radius 1 is 0.941 bits per heavy atom. The minimum Gasteiger partial charge on any atom is -0.330 e. The van der Waals surface area contributed by atoms with Crippen molar-refractivity contribution in [3.63, 3.8) is 0 Å². The van der Waals surface area contributed by atoms with Crippen molar-refractivity contribution in [2.75, 3.05) is 6.54 Å². The van der Waals surface area contributed by atoms with Gasteiger partial charge in [0.15, 0.2) is 5.92 Å². The summed E-state index contributed by atoms with van der Waals surface area (Å²) in [5.74, 6) is -7.30. The highest BCUT2D eigenvalue weighted by atomic mass is 19.4. The molecule has 1 rings (SSSR count). The molecule has 17 heavy (non-hydrogen) atoms. The second kappa shape index (κ2) is 3.69. The van der Waals surface area contributed by atoms with Gasteiger partial charge in [-0.3, -0.25) is 0 Å². The number of alkyl halides is 8. The van der Waals surface area contributed by atoms with Crippen LogP contribution in [-0.4, -0.2) is 24.8 Å². The molecule has 0 amide bonds. The molecule has 1 aliphatic carbocycles. The van der Waals surface area contributed by atoms with Crippen LogP contribution in [0.1, 0.15) is 12.8 Å². The van der Waals surface area contributed by atoms with Gasteiger partial charge in [0, 0.05) is 18.3 Å². The smallest absolute Gasteiger partial charge is 0.330 e. The van der Waals surface area contributed by atoms with Crippen molar-refractivity contribution in [1.29, 1.82) is 0 Å². The lowest BCUT2D eigenvalue weighted by molar-refractivity contribution is -0.345. The molecule has 0 heterocycles. The van der Waals surface area contributed by atoms with Crippen molar-refractivity contribution in [2.24, 2.45) is 17.1 Å². The predicted molar refractivity (Wildman–Crippen MR) is 41.3 cm³/mol. The third-order valence-corrected chi connectivity index (χ3v) is 2.89. The molecule has 1 saturated carbocycles. The highest BCUT2D eigenvalue weighted by Crippen LogP contribution is 2.62. The van der Waals surface area contributed by atoms with E-state index in [2.05, 4.69) is 0 Å². The first kappa shape index (κ1) is 14.5. The average molecular weight is 271 g/mol. The standard InChI is InChI=1S/C8H9F8N/c9-6(10)1-5(2-6,3-17)4(7(11,12)13)8(14,15)16/h4H,1-3,17H2. The molecule has 1 fully saturated rings. The fraction of sp³-hybridized carbons (Fsp3) is 1.00. The molecule has 0 aromatic rings. The third kappa shape index (κ3) is 2.63. The molecule has 0 bridgehead atoms. The van der Waals surface area contributed by atoms with Gasteiger partial charge in [-0.25, -0.2) is 8.78 Å². The largest absolute Gasteiger partial charge is 0.401 e. The summed E-state index contributed by atoms with van der Waals surface area (Å²) in [6, 6.07) is 0. The Bertz CT molecular complexity index is 269. The van der Waals surface area contributed by atoms with Crippen LogP contribution in [0.25, 0.3) is 0 Å². The number of halogens is 8. The summed E-state index contributed by atoms with van der Waals surface area (Å²) in [4.78, 5) is 0. The second-order valence-electron chi connectivity index (χ2n) is 4.29. The number of rotatable bonds is 2. The van der Waals surface area contributed by atoms with Crippen LogP contribution in [-0.2, 0) is 0 Å². The Balaban J connectivity index is 3.07. The molecule has 0 radical (unpaired) electrons. The molecule has 9 heteroatoms. The van der Waals surface area contributed by atoms with Gasteiger partial charge in [-0.1, -0.05) is 0 Å². The fourth-order valence-corrected chi connectivity index (χ4v) is 2.32. The van der Waals surface area contributed by atoms with Crippen LogP contribution in [0.4, 0.5) is 35.1 Å². The molecular weight excluding hydrogens is 262 g/mol. The summed E-state index contributed by atoms with van der Waals surface area (Å²) < 4.78 is 99.2. The molecule has 0 aliphatic heterocycles. The normalized spacial score (nSPS) is 23.6. The molecule has 0 aromatic carbocycles. The highest BCUT2D eigenvalue weighted by Gasteiger charge is 2.72. The molecule has 0 atom stereocenters. The summed E-state index contributed by atoms with van der Waals surface area (Å²) in [5, 5.41) is 0. The first-order chi connectivity index (χ1) is 7.34. The van der Waals surface area contributed by atoms with E-state index in [0.29, 0.717) is 0 Å². The Morgan fingerprint density at radius 2 is 1.29 bits per heavy atom. The third-order valence-electron chi connectivity index (χ3n) is 2.89. The maximum atomic E-state index is 12.6. The monoisotopic (exact) mass is 271 g/mol. The van der Waals surface area contributed by atoms with Crippen molar-refractivity contribution in [2.45, 2.75) is 31.1 Å². The predicted octanol–water partition coefficient (Wildman–Crippen LogP) is 3.10. The van der Waals surface area contributed by atoms with Crippen molar-refractivity contribution >= 4 is 0 Å². The van der Waals surface area contributed by atoms with Gasteiger partial charge in [0.25, 0.3) is 0 Å². The summed E-state index contributed by atoms with van der Waals surface area (Å²) >= 11 is 0. The van der Waals surface area contributed by atoms with Gasteiger partial charge in [-0.05, 0) is 6.54 Å². The molecule has 102 valence electrons. The van der Waals surface area contributed by atoms with E-state index in [1.807, 2.05) is 0 Å². The number of nitrogens with two attached hydrogens (primary N) is 1. The Labute approximate surface area is 91.0 Å². The van der Waals surface area contributed by atoms with Crippen molar-refractivity contribution in [3.8, 4) is 0 Å². The van der Waals surface area contributed by atoms with Crippen LogP contribution in [0.3, 0.4) is 0 Å².